The molecule has 0 radical (unpaired) electrons. The second-order valence-electron chi connectivity index (χ2n) is 5.65. The van der Waals surface area contributed by atoms with Crippen LogP contribution in [-0.2, 0) is 9.84 Å². The van der Waals surface area contributed by atoms with Crippen LogP contribution in [0.3, 0.4) is 0 Å². The van der Waals surface area contributed by atoms with Crippen LogP contribution in [0, 0.1) is 5.92 Å². The molecule has 0 aromatic heterocycles. The number of nitrogens with one attached hydrogen (secondary N) is 1. The van der Waals surface area contributed by atoms with Gasteiger partial charge in [-0.2, -0.15) is 0 Å². The van der Waals surface area contributed by atoms with Crippen molar-refractivity contribution in [3.63, 3.8) is 0 Å². The minimum Gasteiger partial charge on any atom is -0.311 e. The van der Waals surface area contributed by atoms with Gasteiger partial charge in [0.25, 0.3) is 0 Å². The molecule has 0 aromatic carbocycles. The van der Waals surface area contributed by atoms with E-state index in [0.29, 0.717) is 23.6 Å². The van der Waals surface area contributed by atoms with E-state index < -0.39 is 9.84 Å². The Morgan fingerprint density at radius 1 is 1.06 bits per heavy atom. The molecule has 4 heteroatoms. The molecule has 17 heavy (non-hydrogen) atoms. The van der Waals surface area contributed by atoms with E-state index in [2.05, 4.69) is 12.2 Å². The van der Waals surface area contributed by atoms with Crippen LogP contribution in [0.1, 0.15) is 51.9 Å². The topological polar surface area (TPSA) is 46.2 Å². The maximum absolute atomic E-state index is 11.4. The van der Waals surface area contributed by atoms with Crippen LogP contribution in [0.4, 0.5) is 0 Å². The molecule has 2 atom stereocenters. The average Bonchev–Trinajstić information content (AvgIpc) is 2.32. The summed E-state index contributed by atoms with van der Waals surface area (Å²) >= 11 is 0. The molecule has 0 amide bonds. The van der Waals surface area contributed by atoms with Crippen LogP contribution in [0.2, 0.25) is 0 Å². The van der Waals surface area contributed by atoms with Crippen molar-refractivity contribution >= 4 is 9.84 Å². The molecule has 3 nitrogen and oxygen atoms in total. The summed E-state index contributed by atoms with van der Waals surface area (Å²) in [4.78, 5) is 0. The van der Waals surface area contributed by atoms with E-state index in [1.807, 2.05) is 0 Å². The zero-order chi connectivity index (χ0) is 12.3. The van der Waals surface area contributed by atoms with E-state index in [0.717, 1.165) is 18.8 Å². The smallest absolute Gasteiger partial charge is 0.150 e. The highest BCUT2D eigenvalue weighted by Crippen LogP contribution is 2.28. The summed E-state index contributed by atoms with van der Waals surface area (Å²) in [5, 5.41) is 3.73. The predicted molar refractivity (Wildman–Crippen MR) is 70.8 cm³/mol. The lowest BCUT2D eigenvalue weighted by Crippen LogP contribution is -2.47. The number of hydrogen-bond acceptors (Lipinski definition) is 3. The Morgan fingerprint density at radius 2 is 1.71 bits per heavy atom. The second kappa shape index (κ2) is 5.70. The van der Waals surface area contributed by atoms with E-state index in [-0.39, 0.29) is 0 Å². The van der Waals surface area contributed by atoms with E-state index in [1.165, 1.54) is 32.1 Å². The molecule has 1 N–H and O–H groups in total. The van der Waals surface area contributed by atoms with Gasteiger partial charge in [0, 0.05) is 12.1 Å². The maximum atomic E-state index is 11.4. The molecular formula is C13H25NO2S. The van der Waals surface area contributed by atoms with Crippen LogP contribution in [-0.4, -0.2) is 32.0 Å². The van der Waals surface area contributed by atoms with Crippen LogP contribution >= 0.6 is 0 Å². The molecule has 1 aliphatic carbocycles. The van der Waals surface area contributed by atoms with Gasteiger partial charge in [0.1, 0.15) is 9.84 Å². The first-order valence-electron chi connectivity index (χ1n) is 7.07. The Bertz CT molecular complexity index is 325. The summed E-state index contributed by atoms with van der Waals surface area (Å²) in [5.74, 6) is 1.57. The average molecular weight is 259 g/mol. The molecule has 1 heterocycles. The van der Waals surface area contributed by atoms with Crippen molar-refractivity contribution in [2.45, 2.75) is 64.0 Å². The lowest BCUT2D eigenvalue weighted by molar-refractivity contribution is 0.231. The van der Waals surface area contributed by atoms with Gasteiger partial charge in [-0.05, 0) is 31.6 Å². The highest BCUT2D eigenvalue weighted by Gasteiger charge is 2.29. The normalized spacial score (nSPS) is 34.6. The fourth-order valence-corrected chi connectivity index (χ4v) is 4.77. The summed E-state index contributed by atoms with van der Waals surface area (Å²) < 4.78 is 22.8. The molecule has 2 unspecified atom stereocenters. The fraction of sp³-hybridized carbons (Fsp3) is 1.00. The van der Waals surface area contributed by atoms with E-state index in [4.69, 9.17) is 0 Å². The van der Waals surface area contributed by atoms with Crippen molar-refractivity contribution in [3.05, 3.63) is 0 Å². The molecule has 0 spiro atoms. The van der Waals surface area contributed by atoms with Crippen molar-refractivity contribution < 1.29 is 8.42 Å². The summed E-state index contributed by atoms with van der Waals surface area (Å²) in [7, 11) is -2.72. The molecule has 1 saturated heterocycles. The first-order valence-corrected chi connectivity index (χ1v) is 8.89. The summed E-state index contributed by atoms with van der Waals surface area (Å²) in [5.41, 5.74) is 0. The first kappa shape index (κ1) is 13.3. The summed E-state index contributed by atoms with van der Waals surface area (Å²) in [6.45, 7) is 2.27. The van der Waals surface area contributed by atoms with E-state index in [9.17, 15) is 8.42 Å². The van der Waals surface area contributed by atoms with E-state index >= 15 is 0 Å². The molecule has 2 aliphatic rings. The summed E-state index contributed by atoms with van der Waals surface area (Å²) in [6, 6.07) is 1.08. The predicted octanol–water partition coefficient (Wildman–Crippen LogP) is 2.12. The Balaban J connectivity index is 1.84. The first-order chi connectivity index (χ1) is 8.11. The third-order valence-corrected chi connectivity index (χ3v) is 6.15. The molecule has 2 fully saturated rings. The Morgan fingerprint density at radius 3 is 2.35 bits per heavy atom. The van der Waals surface area contributed by atoms with Crippen LogP contribution < -0.4 is 5.32 Å². The van der Waals surface area contributed by atoms with Gasteiger partial charge in [0.15, 0.2) is 0 Å². The third kappa shape index (κ3) is 3.68. The minimum atomic E-state index is -2.72. The highest BCUT2D eigenvalue weighted by atomic mass is 32.2. The van der Waals surface area contributed by atoms with Crippen LogP contribution in [0.15, 0.2) is 0 Å². The van der Waals surface area contributed by atoms with Crippen molar-refractivity contribution in [1.29, 1.82) is 0 Å². The lowest BCUT2D eigenvalue weighted by Gasteiger charge is -2.36. The standard InChI is InChI=1S/C13H25NO2S/c1-2-11-5-3-4-6-13(11)14-12-7-9-17(15,16)10-8-12/h11-14H,2-10H2,1H3. The van der Waals surface area contributed by atoms with Gasteiger partial charge < -0.3 is 5.32 Å². The molecule has 0 bridgehead atoms. The van der Waals surface area contributed by atoms with Crippen molar-refractivity contribution in [3.8, 4) is 0 Å². The van der Waals surface area contributed by atoms with Crippen LogP contribution in [0.25, 0.3) is 0 Å². The van der Waals surface area contributed by atoms with Gasteiger partial charge in [0.2, 0.25) is 0 Å². The van der Waals surface area contributed by atoms with Crippen molar-refractivity contribution in [2.24, 2.45) is 5.92 Å². The number of hydrogen-bond donors (Lipinski definition) is 1. The van der Waals surface area contributed by atoms with Gasteiger partial charge in [-0.15, -0.1) is 0 Å². The molecular weight excluding hydrogens is 234 g/mol. The highest BCUT2D eigenvalue weighted by molar-refractivity contribution is 7.91. The molecule has 100 valence electrons. The van der Waals surface area contributed by atoms with Gasteiger partial charge in [-0.1, -0.05) is 26.2 Å². The van der Waals surface area contributed by atoms with Gasteiger partial charge in [0.05, 0.1) is 11.5 Å². The second-order valence-corrected chi connectivity index (χ2v) is 7.96. The Kier molecular flexibility index (Phi) is 4.47. The van der Waals surface area contributed by atoms with Crippen molar-refractivity contribution in [2.75, 3.05) is 11.5 Å². The zero-order valence-electron chi connectivity index (χ0n) is 10.8. The zero-order valence-corrected chi connectivity index (χ0v) is 11.6. The SMILES string of the molecule is CCC1CCCCC1NC1CCS(=O)(=O)CC1. The maximum Gasteiger partial charge on any atom is 0.150 e. The van der Waals surface area contributed by atoms with E-state index in [1.54, 1.807) is 0 Å². The molecule has 1 aliphatic heterocycles. The number of sulfone groups is 1. The van der Waals surface area contributed by atoms with Gasteiger partial charge in [-0.3, -0.25) is 0 Å². The van der Waals surface area contributed by atoms with Crippen molar-refractivity contribution in [1.82, 2.24) is 5.32 Å². The summed E-state index contributed by atoms with van der Waals surface area (Å²) in [6.07, 6.45) is 8.21. The number of rotatable bonds is 3. The molecule has 0 aromatic rings. The molecule has 2 rings (SSSR count). The Hall–Kier alpha value is -0.0900. The van der Waals surface area contributed by atoms with Gasteiger partial charge in [-0.25, -0.2) is 8.42 Å². The minimum absolute atomic E-state index is 0.383. The lowest BCUT2D eigenvalue weighted by atomic mass is 9.82. The monoisotopic (exact) mass is 259 g/mol. The van der Waals surface area contributed by atoms with Gasteiger partial charge >= 0.3 is 0 Å². The van der Waals surface area contributed by atoms with Crippen LogP contribution in [0.5, 0.6) is 0 Å². The quantitative estimate of drug-likeness (QED) is 0.844. The molecule has 1 saturated carbocycles. The fourth-order valence-electron chi connectivity index (χ4n) is 3.28. The third-order valence-electron chi connectivity index (χ3n) is 4.44. The largest absolute Gasteiger partial charge is 0.311 e. The Labute approximate surface area is 105 Å².